The standard InChI is InChI=1S/2C9H21O2PS2.Zn/c2*1-5-6-7-8-13-12(10,11-4)14-9(2)3;/h2*9H,5-8H2,1-4H3;/q;;+2. The third-order valence-electron chi connectivity index (χ3n) is 3.12. The summed E-state index contributed by atoms with van der Waals surface area (Å²) < 4.78 is 10.2. The Kier molecular flexibility index (Phi) is 27.7. The molecule has 0 aliphatic carbocycles. The molecular formula is C18H42O4P2S4Zn+2. The van der Waals surface area contributed by atoms with Gasteiger partial charge in [0.25, 0.3) is 0 Å². The SMILES string of the molecule is CCCCC[S+]=P([O-])(OC)SC(C)C.CCCCC[S+]=P([O-])(OC)SC(C)C.[Zn+2]. The van der Waals surface area contributed by atoms with Gasteiger partial charge < -0.3 is 18.8 Å². The van der Waals surface area contributed by atoms with Crippen LogP contribution in [0.25, 0.3) is 0 Å². The number of hydrogen-bond acceptors (Lipinski definition) is 6. The van der Waals surface area contributed by atoms with Gasteiger partial charge >= 0.3 is 19.5 Å². The maximum atomic E-state index is 12.1. The van der Waals surface area contributed by atoms with E-state index < -0.39 is 11.4 Å². The summed E-state index contributed by atoms with van der Waals surface area (Å²) in [5, 5.41) is 0.721. The first-order valence-electron chi connectivity index (χ1n) is 10.0. The van der Waals surface area contributed by atoms with Gasteiger partial charge in [0.2, 0.25) is 11.4 Å². The van der Waals surface area contributed by atoms with Crippen molar-refractivity contribution in [2.75, 3.05) is 25.7 Å². The van der Waals surface area contributed by atoms with Gasteiger partial charge in [-0.25, -0.2) is 0 Å². The molecule has 0 radical (unpaired) electrons. The predicted molar refractivity (Wildman–Crippen MR) is 137 cm³/mol. The molecule has 2 unspecified atom stereocenters. The summed E-state index contributed by atoms with van der Waals surface area (Å²) in [6, 6.07) is 0. The van der Waals surface area contributed by atoms with Crippen molar-refractivity contribution in [2.45, 2.75) is 90.6 Å². The van der Waals surface area contributed by atoms with Gasteiger partial charge in [-0.15, -0.1) is 0 Å². The van der Waals surface area contributed by atoms with Crippen LogP contribution in [0, 0.1) is 0 Å². The quantitative estimate of drug-likeness (QED) is 0.106. The Hall–Kier alpha value is 2.46. The van der Waals surface area contributed by atoms with Crippen LogP contribution in [-0.2, 0) is 50.4 Å². The minimum absolute atomic E-state index is 0. The molecule has 0 saturated carbocycles. The van der Waals surface area contributed by atoms with Crippen molar-refractivity contribution in [2.24, 2.45) is 0 Å². The second-order valence-electron chi connectivity index (χ2n) is 6.65. The zero-order valence-corrected chi connectivity index (χ0v) is 27.7. The normalized spacial score (nSPS) is 15.0. The molecular weight excluding hydrogens is 536 g/mol. The van der Waals surface area contributed by atoms with Crippen LogP contribution >= 0.6 is 34.2 Å². The molecule has 0 aliphatic rings. The summed E-state index contributed by atoms with van der Waals surface area (Å²) >= 11 is 2.91. The molecule has 0 amide bonds. The first-order chi connectivity index (χ1) is 13.1. The summed E-state index contributed by atoms with van der Waals surface area (Å²) in [7, 11) is 6.07. The van der Waals surface area contributed by atoms with Crippen LogP contribution in [0.2, 0.25) is 0 Å². The smallest absolute Gasteiger partial charge is 0.756 e. The molecule has 11 heteroatoms. The first-order valence-corrected chi connectivity index (χ1v) is 19.4. The van der Waals surface area contributed by atoms with Gasteiger partial charge in [0.15, 0.2) is 33.4 Å². The molecule has 0 aliphatic heterocycles. The van der Waals surface area contributed by atoms with Gasteiger partial charge in [0.05, 0.1) is 0 Å². The molecule has 0 N–H and O–H groups in total. The minimum atomic E-state index is -2.46. The Morgan fingerprint density at radius 3 is 1.24 bits per heavy atom. The van der Waals surface area contributed by atoms with Crippen molar-refractivity contribution in [3.05, 3.63) is 0 Å². The van der Waals surface area contributed by atoms with Crippen LogP contribution in [0.4, 0.5) is 0 Å². The van der Waals surface area contributed by atoms with E-state index in [1.165, 1.54) is 70.3 Å². The molecule has 0 fully saturated rings. The molecule has 0 bridgehead atoms. The van der Waals surface area contributed by atoms with Crippen molar-refractivity contribution in [1.29, 1.82) is 0 Å². The van der Waals surface area contributed by atoms with E-state index >= 15 is 0 Å². The summed E-state index contributed by atoms with van der Waals surface area (Å²) in [6.45, 7) is 12.5. The van der Waals surface area contributed by atoms with E-state index in [1.54, 1.807) is 14.2 Å². The maximum Gasteiger partial charge on any atom is 2.00 e. The topological polar surface area (TPSA) is 64.6 Å². The third-order valence-corrected chi connectivity index (χ3v) is 19.3. The molecule has 0 aromatic heterocycles. The van der Waals surface area contributed by atoms with Crippen LogP contribution in [0.15, 0.2) is 0 Å². The third kappa shape index (κ3) is 23.4. The van der Waals surface area contributed by atoms with Gasteiger partial charge in [-0.3, -0.25) is 0 Å². The monoisotopic (exact) mass is 576 g/mol. The Morgan fingerprint density at radius 2 is 1.03 bits per heavy atom. The predicted octanol–water partition coefficient (Wildman–Crippen LogP) is 6.17. The molecule has 0 aromatic rings. The maximum absolute atomic E-state index is 12.1. The average molecular weight is 578 g/mol. The second-order valence-corrected chi connectivity index (χ2v) is 22.8. The van der Waals surface area contributed by atoms with Crippen molar-refractivity contribution < 1.29 is 38.3 Å². The van der Waals surface area contributed by atoms with Crippen LogP contribution in [0.5, 0.6) is 0 Å². The molecule has 0 heterocycles. The molecule has 29 heavy (non-hydrogen) atoms. The molecule has 0 rings (SSSR count). The van der Waals surface area contributed by atoms with Crippen LogP contribution in [-0.4, -0.2) is 36.2 Å². The molecule has 172 valence electrons. The number of rotatable bonds is 14. The minimum Gasteiger partial charge on any atom is -0.756 e. The van der Waals surface area contributed by atoms with Gasteiger partial charge in [-0.05, 0) is 12.8 Å². The number of hydrogen-bond donors (Lipinski definition) is 0. The van der Waals surface area contributed by atoms with Crippen molar-refractivity contribution in [1.82, 2.24) is 0 Å². The zero-order chi connectivity index (χ0) is 22.1. The zero-order valence-electron chi connectivity index (χ0n) is 19.7. The molecule has 0 spiro atoms. The summed E-state index contributed by atoms with van der Waals surface area (Å²) in [5.74, 6) is 1.89. The Bertz CT molecular complexity index is 439. The van der Waals surface area contributed by atoms with Gasteiger partial charge in [0, 0.05) is 37.6 Å². The molecule has 0 aromatic carbocycles. The van der Waals surface area contributed by atoms with Crippen molar-refractivity contribution >= 4 is 56.0 Å². The summed E-state index contributed by atoms with van der Waals surface area (Å²) in [4.78, 5) is 24.1. The van der Waals surface area contributed by atoms with Crippen LogP contribution in [0.1, 0.15) is 80.1 Å². The fourth-order valence-corrected chi connectivity index (χ4v) is 16.7. The largest absolute Gasteiger partial charge is 2.00 e. The summed E-state index contributed by atoms with van der Waals surface area (Å²) in [5.41, 5.74) is -4.93. The van der Waals surface area contributed by atoms with E-state index in [0.29, 0.717) is 10.5 Å². The van der Waals surface area contributed by atoms with E-state index in [9.17, 15) is 9.79 Å². The Labute approximate surface area is 209 Å². The second kappa shape index (κ2) is 22.3. The van der Waals surface area contributed by atoms with E-state index in [2.05, 4.69) is 13.8 Å². The van der Waals surface area contributed by atoms with Crippen LogP contribution in [0.3, 0.4) is 0 Å². The van der Waals surface area contributed by atoms with Crippen molar-refractivity contribution in [3.8, 4) is 0 Å². The first kappa shape index (κ1) is 36.0. The van der Waals surface area contributed by atoms with E-state index in [1.807, 2.05) is 27.7 Å². The average Bonchev–Trinajstić information content (AvgIpc) is 2.62. The fourth-order valence-electron chi connectivity index (χ4n) is 1.83. The van der Waals surface area contributed by atoms with Gasteiger partial charge in [-0.1, -0.05) is 77.1 Å². The Balaban J connectivity index is -0.000000451. The van der Waals surface area contributed by atoms with E-state index in [4.69, 9.17) is 9.05 Å². The van der Waals surface area contributed by atoms with Gasteiger partial charge in [-0.2, -0.15) is 0 Å². The Morgan fingerprint density at radius 1 is 0.724 bits per heavy atom. The van der Waals surface area contributed by atoms with E-state index in [-0.39, 0.29) is 19.5 Å². The van der Waals surface area contributed by atoms with Crippen LogP contribution < -0.4 is 9.79 Å². The number of unbranched alkanes of at least 4 members (excludes halogenated alkanes) is 4. The summed E-state index contributed by atoms with van der Waals surface area (Å²) in [6.07, 6.45) is 7.09. The van der Waals surface area contributed by atoms with E-state index in [0.717, 1.165) is 24.3 Å². The molecule has 2 atom stereocenters. The van der Waals surface area contributed by atoms with Crippen molar-refractivity contribution in [3.63, 3.8) is 0 Å². The fraction of sp³-hybridized carbons (Fsp3) is 1.00. The molecule has 4 nitrogen and oxygen atoms in total. The molecule has 0 saturated heterocycles. The van der Waals surface area contributed by atoms with Gasteiger partial charge in [0.1, 0.15) is 0 Å².